The molecule has 0 unspecified atom stereocenters. The zero-order valence-electron chi connectivity index (χ0n) is 10.4. The second-order valence-electron chi connectivity index (χ2n) is 4.63. The van der Waals surface area contributed by atoms with Gasteiger partial charge in [-0.15, -0.1) is 0 Å². The molecule has 19 heavy (non-hydrogen) atoms. The van der Waals surface area contributed by atoms with E-state index in [1.807, 2.05) is 6.92 Å². The lowest BCUT2D eigenvalue weighted by molar-refractivity contribution is -0.120. The fourth-order valence-electron chi connectivity index (χ4n) is 1.68. The van der Waals surface area contributed by atoms with Crippen LogP contribution in [-0.2, 0) is 4.79 Å². The summed E-state index contributed by atoms with van der Waals surface area (Å²) in [6.07, 6.45) is 2.18. The van der Waals surface area contributed by atoms with Gasteiger partial charge >= 0.3 is 0 Å². The van der Waals surface area contributed by atoms with Gasteiger partial charge in [0, 0.05) is 17.1 Å². The molecule has 4 nitrogen and oxygen atoms in total. The summed E-state index contributed by atoms with van der Waals surface area (Å²) in [5.74, 6) is 0.0350. The number of nitrogens with zero attached hydrogens (tertiary/aromatic N) is 1. The molecule has 0 aliphatic heterocycles. The Labute approximate surface area is 119 Å². The average molecular weight is 297 g/mol. The van der Waals surface area contributed by atoms with Crippen molar-refractivity contribution in [3.63, 3.8) is 0 Å². The highest BCUT2D eigenvalue weighted by molar-refractivity contribution is 8.00. The third kappa shape index (κ3) is 3.04. The first-order valence-corrected chi connectivity index (χ1v) is 7.41. The minimum atomic E-state index is -0.218. The maximum atomic E-state index is 11.8. The molecule has 0 saturated heterocycles. The van der Waals surface area contributed by atoms with Crippen molar-refractivity contribution >= 4 is 40.4 Å². The number of oxazole rings is 1. The number of rotatable bonds is 4. The molecular formula is C13H13ClN2O2S. The van der Waals surface area contributed by atoms with Gasteiger partial charge in [0.25, 0.3) is 5.22 Å². The largest absolute Gasteiger partial charge is 0.431 e. The summed E-state index contributed by atoms with van der Waals surface area (Å²) in [6.45, 7) is 1.85. The smallest absolute Gasteiger partial charge is 0.257 e. The van der Waals surface area contributed by atoms with Crippen LogP contribution in [0.4, 0.5) is 0 Å². The van der Waals surface area contributed by atoms with Crippen molar-refractivity contribution in [2.45, 2.75) is 36.3 Å². The van der Waals surface area contributed by atoms with E-state index in [1.54, 1.807) is 18.2 Å². The Hall–Kier alpha value is -1.20. The topological polar surface area (TPSA) is 55.1 Å². The number of aromatic nitrogens is 1. The summed E-state index contributed by atoms with van der Waals surface area (Å²) in [7, 11) is 0. The van der Waals surface area contributed by atoms with Crippen molar-refractivity contribution in [3.8, 4) is 0 Å². The summed E-state index contributed by atoms with van der Waals surface area (Å²) >= 11 is 7.21. The van der Waals surface area contributed by atoms with Crippen molar-refractivity contribution in [2.24, 2.45) is 0 Å². The summed E-state index contributed by atoms with van der Waals surface area (Å²) in [5, 5.41) is 3.85. The van der Waals surface area contributed by atoms with Gasteiger partial charge in [-0.05, 0) is 31.9 Å². The highest BCUT2D eigenvalue weighted by Gasteiger charge is 2.26. The number of amides is 1. The van der Waals surface area contributed by atoms with Crippen LogP contribution in [0, 0.1) is 0 Å². The van der Waals surface area contributed by atoms with E-state index in [1.165, 1.54) is 11.8 Å². The van der Waals surface area contributed by atoms with E-state index in [0.29, 0.717) is 21.9 Å². The molecule has 1 N–H and O–H groups in total. The third-order valence-corrected chi connectivity index (χ3v) is 4.08. The Morgan fingerprint density at radius 3 is 3.11 bits per heavy atom. The first kappa shape index (κ1) is 12.8. The van der Waals surface area contributed by atoms with Crippen LogP contribution in [0.2, 0.25) is 5.02 Å². The van der Waals surface area contributed by atoms with Gasteiger partial charge in [-0.2, -0.15) is 0 Å². The predicted molar refractivity (Wildman–Crippen MR) is 75.5 cm³/mol. The van der Waals surface area contributed by atoms with Crippen molar-refractivity contribution in [2.75, 3.05) is 0 Å². The Morgan fingerprint density at radius 2 is 2.37 bits per heavy atom. The molecule has 1 fully saturated rings. The lowest BCUT2D eigenvalue weighted by atomic mass is 10.3. The number of benzene rings is 1. The highest BCUT2D eigenvalue weighted by Crippen LogP contribution is 2.29. The van der Waals surface area contributed by atoms with Crippen LogP contribution in [0.3, 0.4) is 0 Å². The van der Waals surface area contributed by atoms with Crippen molar-refractivity contribution in [1.82, 2.24) is 10.3 Å². The molecule has 1 amide bonds. The Bertz CT molecular complexity index is 624. The molecule has 1 saturated carbocycles. The molecule has 6 heteroatoms. The van der Waals surface area contributed by atoms with Crippen LogP contribution in [0.1, 0.15) is 19.8 Å². The summed E-state index contributed by atoms with van der Waals surface area (Å²) in [6, 6.07) is 5.67. The molecule has 0 bridgehead atoms. The molecule has 0 spiro atoms. The van der Waals surface area contributed by atoms with Crippen LogP contribution in [-0.4, -0.2) is 22.2 Å². The fourth-order valence-corrected chi connectivity index (χ4v) is 2.61. The number of nitrogens with one attached hydrogen (secondary N) is 1. The fraction of sp³-hybridized carbons (Fsp3) is 0.385. The van der Waals surface area contributed by atoms with E-state index in [2.05, 4.69) is 10.3 Å². The second kappa shape index (κ2) is 5.06. The van der Waals surface area contributed by atoms with Crippen molar-refractivity contribution in [3.05, 3.63) is 23.2 Å². The van der Waals surface area contributed by atoms with Crippen molar-refractivity contribution < 1.29 is 9.21 Å². The number of carbonyl (C=O) groups is 1. The molecule has 0 radical (unpaired) electrons. The Morgan fingerprint density at radius 1 is 1.58 bits per heavy atom. The van der Waals surface area contributed by atoms with E-state index in [9.17, 15) is 4.79 Å². The number of fused-ring (bicyclic) bond motifs is 1. The van der Waals surface area contributed by atoms with Gasteiger partial charge in [-0.3, -0.25) is 4.79 Å². The first-order chi connectivity index (χ1) is 9.11. The first-order valence-electron chi connectivity index (χ1n) is 6.15. The number of halogens is 1. The maximum Gasteiger partial charge on any atom is 0.257 e. The summed E-state index contributed by atoms with van der Waals surface area (Å²) in [4.78, 5) is 16.2. The van der Waals surface area contributed by atoms with Crippen LogP contribution < -0.4 is 5.32 Å². The molecule has 1 aromatic carbocycles. The molecule has 1 aliphatic rings. The minimum absolute atomic E-state index is 0.0350. The number of carbonyl (C=O) groups excluding carboxylic acids is 1. The SMILES string of the molecule is C[C@@H](Sc1nc2ccc(Cl)cc2o1)C(=O)NC1CC1. The van der Waals surface area contributed by atoms with Gasteiger partial charge in [0.2, 0.25) is 5.91 Å². The van der Waals surface area contributed by atoms with Gasteiger partial charge in [0.1, 0.15) is 5.52 Å². The molecule has 1 atom stereocenters. The standard InChI is InChI=1S/C13H13ClN2O2S/c1-7(12(17)15-9-3-4-9)19-13-16-10-5-2-8(14)6-11(10)18-13/h2,5-7,9H,3-4H2,1H3,(H,15,17)/t7-/m1/s1. The van der Waals surface area contributed by atoms with E-state index in [0.717, 1.165) is 18.4 Å². The van der Waals surface area contributed by atoms with E-state index < -0.39 is 0 Å². The zero-order chi connectivity index (χ0) is 13.4. The average Bonchev–Trinajstić information content (AvgIpc) is 3.08. The Balaban J connectivity index is 1.71. The lowest BCUT2D eigenvalue weighted by Gasteiger charge is -2.08. The molecular weight excluding hydrogens is 284 g/mol. The van der Waals surface area contributed by atoms with Gasteiger partial charge in [-0.1, -0.05) is 23.4 Å². The molecule has 100 valence electrons. The Kier molecular flexibility index (Phi) is 3.41. The van der Waals surface area contributed by atoms with Crippen LogP contribution >= 0.6 is 23.4 Å². The molecule has 3 rings (SSSR count). The van der Waals surface area contributed by atoms with Gasteiger partial charge in [0.05, 0.1) is 5.25 Å². The van der Waals surface area contributed by atoms with E-state index in [-0.39, 0.29) is 11.2 Å². The third-order valence-electron chi connectivity index (χ3n) is 2.90. The minimum Gasteiger partial charge on any atom is -0.431 e. The number of hydrogen-bond acceptors (Lipinski definition) is 4. The van der Waals surface area contributed by atoms with E-state index in [4.69, 9.17) is 16.0 Å². The maximum absolute atomic E-state index is 11.8. The normalized spacial score (nSPS) is 16.5. The molecule has 1 aromatic heterocycles. The zero-order valence-corrected chi connectivity index (χ0v) is 11.9. The molecule has 1 heterocycles. The quantitative estimate of drug-likeness (QED) is 0.880. The summed E-state index contributed by atoms with van der Waals surface area (Å²) < 4.78 is 5.58. The van der Waals surface area contributed by atoms with Crippen LogP contribution in [0.15, 0.2) is 27.8 Å². The number of thioether (sulfide) groups is 1. The molecule has 2 aromatic rings. The lowest BCUT2D eigenvalue weighted by Crippen LogP contribution is -2.32. The van der Waals surface area contributed by atoms with Crippen molar-refractivity contribution in [1.29, 1.82) is 0 Å². The van der Waals surface area contributed by atoms with E-state index >= 15 is 0 Å². The highest BCUT2D eigenvalue weighted by atomic mass is 35.5. The monoisotopic (exact) mass is 296 g/mol. The van der Waals surface area contributed by atoms with Gasteiger partial charge < -0.3 is 9.73 Å². The summed E-state index contributed by atoms with van der Waals surface area (Å²) in [5.41, 5.74) is 1.39. The van der Waals surface area contributed by atoms with Crippen LogP contribution in [0.25, 0.3) is 11.1 Å². The number of hydrogen-bond donors (Lipinski definition) is 1. The van der Waals surface area contributed by atoms with Crippen LogP contribution in [0.5, 0.6) is 0 Å². The molecule has 1 aliphatic carbocycles. The second-order valence-corrected chi connectivity index (χ2v) is 6.36. The van der Waals surface area contributed by atoms with Gasteiger partial charge in [0.15, 0.2) is 5.58 Å². The predicted octanol–water partition coefficient (Wildman–Crippen LogP) is 3.24. The van der Waals surface area contributed by atoms with Gasteiger partial charge in [-0.25, -0.2) is 4.98 Å².